The summed E-state index contributed by atoms with van der Waals surface area (Å²) in [6.07, 6.45) is 6.17. The van der Waals surface area contributed by atoms with Crippen molar-refractivity contribution in [3.63, 3.8) is 0 Å². The van der Waals surface area contributed by atoms with Gasteiger partial charge in [-0.2, -0.15) is 9.61 Å². The number of carbonyl (C=O) groups is 1. The fourth-order valence-corrected chi connectivity index (χ4v) is 3.66. The third-order valence-electron chi connectivity index (χ3n) is 5.31. The summed E-state index contributed by atoms with van der Waals surface area (Å²) in [5, 5.41) is 11.3. The Bertz CT molecular complexity index is 1270. The first kappa shape index (κ1) is 22.1. The Morgan fingerprint density at radius 3 is 2.61 bits per heavy atom. The van der Waals surface area contributed by atoms with Gasteiger partial charge in [-0.3, -0.25) is 0 Å². The van der Waals surface area contributed by atoms with E-state index >= 15 is 0 Å². The molecule has 0 fully saturated rings. The van der Waals surface area contributed by atoms with Gasteiger partial charge in [-0.1, -0.05) is 31.9 Å². The van der Waals surface area contributed by atoms with Crippen LogP contribution in [-0.4, -0.2) is 27.7 Å². The second kappa shape index (κ2) is 10.0. The number of anilines is 5. The van der Waals surface area contributed by atoms with Gasteiger partial charge < -0.3 is 21.1 Å². The van der Waals surface area contributed by atoms with E-state index in [4.69, 9.17) is 15.5 Å². The fourth-order valence-electron chi connectivity index (χ4n) is 3.66. The zero-order chi connectivity index (χ0) is 23.2. The molecule has 4 rings (SSSR count). The topological polar surface area (TPSA) is 107 Å². The maximum atomic E-state index is 11.9. The molecule has 0 radical (unpaired) electrons. The number of ether oxygens (including phenoxy) is 1. The molecule has 0 unspecified atom stereocenters. The number of hydrogen-bond donors (Lipinski definition) is 3. The van der Waals surface area contributed by atoms with Crippen LogP contribution in [0.3, 0.4) is 0 Å². The highest BCUT2D eigenvalue weighted by molar-refractivity contribution is 5.90. The molecule has 0 spiro atoms. The van der Waals surface area contributed by atoms with Crippen molar-refractivity contribution in [2.75, 3.05) is 23.5 Å². The molecule has 0 saturated carbocycles. The molecule has 4 aromatic rings. The average molecular weight is 445 g/mol. The van der Waals surface area contributed by atoms with Crippen molar-refractivity contribution >= 4 is 40.3 Å². The van der Waals surface area contributed by atoms with E-state index in [1.165, 1.54) is 7.11 Å². The number of nitrogens with zero attached hydrogens (tertiary/aromatic N) is 3. The predicted octanol–water partition coefficient (Wildman–Crippen LogP) is 5.32. The van der Waals surface area contributed by atoms with Crippen LogP contribution in [0.15, 0.2) is 60.8 Å². The number of hydrogen-bond acceptors (Lipinski definition) is 7. The molecule has 0 aliphatic carbocycles. The normalized spacial score (nSPS) is 10.8. The van der Waals surface area contributed by atoms with Crippen molar-refractivity contribution in [3.05, 3.63) is 71.9 Å². The monoisotopic (exact) mass is 444 g/mol. The second-order valence-corrected chi connectivity index (χ2v) is 7.84. The Labute approximate surface area is 192 Å². The number of nitrogen functional groups attached to an aromatic ring is 1. The molecule has 0 bridgehead atoms. The summed E-state index contributed by atoms with van der Waals surface area (Å²) >= 11 is 0. The summed E-state index contributed by atoms with van der Waals surface area (Å²) in [5.74, 6) is 0.993. The zero-order valence-corrected chi connectivity index (χ0v) is 18.8. The van der Waals surface area contributed by atoms with Gasteiger partial charge in [0.2, 0.25) is 0 Å². The minimum absolute atomic E-state index is 0.389. The fraction of sp³-hybridized carbons (Fsp3) is 0.240. The number of unbranched alkanes of at least 4 members (excludes halogenated alkanes) is 2. The number of nitrogens with one attached hydrogen (secondary N) is 2. The molecule has 170 valence electrons. The molecule has 2 heterocycles. The molecule has 0 saturated heterocycles. The summed E-state index contributed by atoms with van der Waals surface area (Å²) in [7, 11) is 1.37. The van der Waals surface area contributed by atoms with Crippen LogP contribution in [-0.2, 0) is 11.2 Å². The van der Waals surface area contributed by atoms with Gasteiger partial charge in [-0.25, -0.2) is 9.78 Å². The number of fused-ring (bicyclic) bond motifs is 1. The zero-order valence-electron chi connectivity index (χ0n) is 18.8. The van der Waals surface area contributed by atoms with Crippen LogP contribution in [0.2, 0.25) is 0 Å². The maximum absolute atomic E-state index is 11.9. The number of aryl methyl sites for hydroxylation is 1. The first-order chi connectivity index (χ1) is 16.1. The Hall–Kier alpha value is -4.07. The van der Waals surface area contributed by atoms with E-state index in [0.29, 0.717) is 17.1 Å². The number of carbonyl (C=O) groups excluding carboxylic acids is 1. The summed E-state index contributed by atoms with van der Waals surface area (Å²) < 4.78 is 6.63. The van der Waals surface area contributed by atoms with Gasteiger partial charge in [-0.05, 0) is 49.2 Å². The molecule has 8 heteroatoms. The van der Waals surface area contributed by atoms with Gasteiger partial charge in [0.05, 0.1) is 18.9 Å². The summed E-state index contributed by atoms with van der Waals surface area (Å²) in [6, 6.07) is 16.6. The average Bonchev–Trinajstić information content (AvgIpc) is 3.22. The van der Waals surface area contributed by atoms with Gasteiger partial charge in [0, 0.05) is 28.7 Å². The molecule has 0 aliphatic heterocycles. The number of benzene rings is 2. The molecule has 0 atom stereocenters. The van der Waals surface area contributed by atoms with E-state index in [2.05, 4.69) is 22.7 Å². The number of methoxy groups -OCH3 is 1. The Morgan fingerprint density at radius 1 is 1.06 bits per heavy atom. The smallest absolute Gasteiger partial charge is 0.337 e. The van der Waals surface area contributed by atoms with Crippen LogP contribution >= 0.6 is 0 Å². The van der Waals surface area contributed by atoms with Gasteiger partial charge in [-0.15, -0.1) is 0 Å². The summed E-state index contributed by atoms with van der Waals surface area (Å²) in [5.41, 5.74) is 10.5. The highest BCUT2D eigenvalue weighted by atomic mass is 16.5. The molecule has 2 aromatic carbocycles. The van der Waals surface area contributed by atoms with Crippen molar-refractivity contribution in [3.8, 4) is 0 Å². The highest BCUT2D eigenvalue weighted by Gasteiger charge is 2.13. The molecule has 0 amide bonds. The first-order valence-corrected chi connectivity index (χ1v) is 11.0. The largest absolute Gasteiger partial charge is 0.465 e. The third-order valence-corrected chi connectivity index (χ3v) is 5.31. The Kier molecular flexibility index (Phi) is 6.73. The molecule has 4 N–H and O–H groups in total. The van der Waals surface area contributed by atoms with Gasteiger partial charge in [0.1, 0.15) is 11.6 Å². The molecule has 8 nitrogen and oxygen atoms in total. The number of aromatic nitrogens is 3. The van der Waals surface area contributed by atoms with E-state index in [-0.39, 0.29) is 5.97 Å². The van der Waals surface area contributed by atoms with Crippen molar-refractivity contribution in [1.29, 1.82) is 0 Å². The van der Waals surface area contributed by atoms with Crippen LogP contribution < -0.4 is 16.4 Å². The van der Waals surface area contributed by atoms with Crippen LogP contribution in [0.5, 0.6) is 0 Å². The minimum Gasteiger partial charge on any atom is -0.465 e. The van der Waals surface area contributed by atoms with E-state index in [9.17, 15) is 4.79 Å². The van der Waals surface area contributed by atoms with Crippen LogP contribution in [0.25, 0.3) is 5.65 Å². The predicted molar refractivity (Wildman–Crippen MR) is 131 cm³/mol. The molecular formula is C25H28N6O2. The summed E-state index contributed by atoms with van der Waals surface area (Å²) in [6.45, 7) is 2.19. The van der Waals surface area contributed by atoms with Crippen molar-refractivity contribution in [1.82, 2.24) is 14.6 Å². The first-order valence-electron chi connectivity index (χ1n) is 11.0. The lowest BCUT2D eigenvalue weighted by molar-refractivity contribution is 0.0601. The Balaban J connectivity index is 1.72. The van der Waals surface area contributed by atoms with E-state index in [1.807, 2.05) is 42.6 Å². The minimum atomic E-state index is -0.389. The van der Waals surface area contributed by atoms with Crippen molar-refractivity contribution < 1.29 is 9.53 Å². The number of nitrogens with two attached hydrogens (primary N) is 1. The summed E-state index contributed by atoms with van der Waals surface area (Å²) in [4.78, 5) is 16.8. The van der Waals surface area contributed by atoms with E-state index in [0.717, 1.165) is 54.1 Å². The number of rotatable bonds is 9. The maximum Gasteiger partial charge on any atom is 0.337 e. The third kappa shape index (κ3) is 5.23. The number of esters is 1. The van der Waals surface area contributed by atoms with Crippen LogP contribution in [0, 0.1) is 0 Å². The molecule has 33 heavy (non-hydrogen) atoms. The lowest BCUT2D eigenvalue weighted by Gasteiger charge is -2.13. The lowest BCUT2D eigenvalue weighted by atomic mass is 10.1. The lowest BCUT2D eigenvalue weighted by Crippen LogP contribution is -2.06. The van der Waals surface area contributed by atoms with Crippen molar-refractivity contribution in [2.45, 2.75) is 32.6 Å². The molecular weight excluding hydrogens is 416 g/mol. The standard InChI is InChI=1S/C25H28N6O2/c1-3-4-5-8-18-16-27-31-23(29-20-11-6-9-17(13-20)25(32)33-2)15-22(30-24(18)31)28-21-12-7-10-19(26)14-21/h6-7,9-16,29H,3-5,8,26H2,1-2H3,(H,28,30). The van der Waals surface area contributed by atoms with Gasteiger partial charge >= 0.3 is 5.97 Å². The molecule has 0 aliphatic rings. The van der Waals surface area contributed by atoms with Crippen LogP contribution in [0.4, 0.5) is 28.7 Å². The highest BCUT2D eigenvalue weighted by Crippen LogP contribution is 2.26. The SMILES string of the molecule is CCCCCc1cnn2c(Nc3cccc(C(=O)OC)c3)cc(Nc3cccc(N)c3)nc12. The quantitative estimate of drug-likeness (QED) is 0.182. The molecule has 2 aromatic heterocycles. The Morgan fingerprint density at radius 2 is 1.85 bits per heavy atom. The van der Waals surface area contributed by atoms with Crippen LogP contribution in [0.1, 0.15) is 42.1 Å². The second-order valence-electron chi connectivity index (χ2n) is 7.84. The van der Waals surface area contributed by atoms with E-state index < -0.39 is 0 Å². The van der Waals surface area contributed by atoms with Gasteiger partial charge in [0.25, 0.3) is 0 Å². The van der Waals surface area contributed by atoms with Gasteiger partial charge in [0.15, 0.2) is 5.65 Å². The van der Waals surface area contributed by atoms with E-state index in [1.54, 1.807) is 22.7 Å². The van der Waals surface area contributed by atoms with Crippen molar-refractivity contribution in [2.24, 2.45) is 0 Å².